The lowest BCUT2D eigenvalue weighted by molar-refractivity contribution is -0.137. The minimum Gasteiger partial charge on any atom is -0.493 e. The van der Waals surface area contributed by atoms with Crippen LogP contribution in [0.3, 0.4) is 0 Å². The highest BCUT2D eigenvalue weighted by atomic mass is 32.1. The zero-order valence-electron chi connectivity index (χ0n) is 16.5. The third kappa shape index (κ3) is 5.38. The van der Waals surface area contributed by atoms with E-state index in [2.05, 4.69) is 15.4 Å². The molecule has 0 unspecified atom stereocenters. The molecule has 1 aromatic carbocycles. The number of ether oxygens (including phenoxy) is 1. The smallest absolute Gasteiger partial charge is 0.416 e. The van der Waals surface area contributed by atoms with Gasteiger partial charge in [-0.15, -0.1) is 11.3 Å². The standard InChI is InChI=1S/C20H21F3N4O2S/c1-13-12-30-17(25-13)8-3-4-9-24-19(28)18-16(29-2)11-27(26-18)15-7-5-6-14(10-15)20(21,22)23/h5-7,10-12H,3-4,8-9H2,1-2H3,(H,24,28). The number of rotatable bonds is 8. The van der Waals surface area contributed by atoms with Crippen LogP contribution in [0.5, 0.6) is 5.75 Å². The SMILES string of the molecule is COc1cn(-c2cccc(C(F)(F)F)c2)nc1C(=O)NCCCCc1nc(C)cs1. The number of aromatic nitrogens is 3. The van der Waals surface area contributed by atoms with Gasteiger partial charge in [-0.2, -0.15) is 18.3 Å². The number of benzene rings is 1. The summed E-state index contributed by atoms with van der Waals surface area (Å²) < 4.78 is 45.2. The van der Waals surface area contributed by atoms with E-state index < -0.39 is 17.6 Å². The average Bonchev–Trinajstić information content (AvgIpc) is 3.33. The lowest BCUT2D eigenvalue weighted by Crippen LogP contribution is -2.25. The Hall–Kier alpha value is -2.88. The van der Waals surface area contributed by atoms with Gasteiger partial charge in [-0.25, -0.2) is 9.67 Å². The van der Waals surface area contributed by atoms with E-state index in [1.54, 1.807) is 11.3 Å². The molecule has 6 nitrogen and oxygen atoms in total. The fraction of sp³-hybridized carbons (Fsp3) is 0.350. The van der Waals surface area contributed by atoms with Crippen LogP contribution in [0, 0.1) is 6.92 Å². The van der Waals surface area contributed by atoms with E-state index in [1.807, 2.05) is 12.3 Å². The first-order valence-corrected chi connectivity index (χ1v) is 10.2. The topological polar surface area (TPSA) is 69.0 Å². The van der Waals surface area contributed by atoms with Crippen molar-refractivity contribution in [2.75, 3.05) is 13.7 Å². The number of thiazole rings is 1. The van der Waals surface area contributed by atoms with Gasteiger partial charge in [0.25, 0.3) is 5.91 Å². The monoisotopic (exact) mass is 438 g/mol. The molecule has 160 valence electrons. The molecule has 2 heterocycles. The Bertz CT molecular complexity index is 1010. The van der Waals surface area contributed by atoms with Gasteiger partial charge in [0.2, 0.25) is 0 Å². The fourth-order valence-corrected chi connectivity index (χ4v) is 3.64. The molecule has 2 aromatic heterocycles. The normalized spacial score (nSPS) is 11.5. The number of carbonyl (C=O) groups excluding carboxylic acids is 1. The summed E-state index contributed by atoms with van der Waals surface area (Å²) in [4.78, 5) is 16.9. The van der Waals surface area contributed by atoms with E-state index in [1.165, 1.54) is 30.1 Å². The number of hydrogen-bond acceptors (Lipinski definition) is 5. The number of aryl methyl sites for hydroxylation is 2. The molecule has 3 aromatic rings. The second kappa shape index (κ2) is 9.29. The molecular formula is C20H21F3N4O2S. The molecule has 0 saturated heterocycles. The highest BCUT2D eigenvalue weighted by Crippen LogP contribution is 2.30. The first-order chi connectivity index (χ1) is 14.3. The minimum atomic E-state index is -4.47. The Morgan fingerprint density at radius 1 is 1.30 bits per heavy atom. The number of halogens is 3. The van der Waals surface area contributed by atoms with Gasteiger partial charge in [0.15, 0.2) is 11.4 Å². The predicted octanol–water partition coefficient (Wildman–Crippen LogP) is 4.42. The van der Waals surface area contributed by atoms with Crippen LogP contribution in [0.1, 0.15) is 39.6 Å². The van der Waals surface area contributed by atoms with Crippen molar-refractivity contribution in [2.45, 2.75) is 32.4 Å². The number of nitrogens with one attached hydrogen (secondary N) is 1. The van der Waals surface area contributed by atoms with Gasteiger partial charge in [0.1, 0.15) is 0 Å². The molecule has 0 atom stereocenters. The van der Waals surface area contributed by atoms with E-state index in [-0.39, 0.29) is 17.1 Å². The van der Waals surface area contributed by atoms with Gasteiger partial charge in [0.05, 0.1) is 29.6 Å². The molecular weight excluding hydrogens is 417 g/mol. The van der Waals surface area contributed by atoms with Crippen LogP contribution in [0.15, 0.2) is 35.8 Å². The summed E-state index contributed by atoms with van der Waals surface area (Å²) in [5.74, 6) is -0.258. The lowest BCUT2D eigenvalue weighted by Gasteiger charge is -2.08. The molecule has 0 radical (unpaired) electrons. The maximum atomic E-state index is 13.0. The third-order valence-electron chi connectivity index (χ3n) is 4.32. The van der Waals surface area contributed by atoms with E-state index in [9.17, 15) is 18.0 Å². The van der Waals surface area contributed by atoms with Gasteiger partial charge in [-0.05, 0) is 44.4 Å². The van der Waals surface area contributed by atoms with Gasteiger partial charge < -0.3 is 10.1 Å². The number of unbranched alkanes of at least 4 members (excludes halogenated alkanes) is 1. The summed E-state index contributed by atoms with van der Waals surface area (Å²) in [6.07, 6.45) is -0.591. The lowest BCUT2D eigenvalue weighted by atomic mass is 10.2. The number of carbonyl (C=O) groups is 1. The molecule has 0 aliphatic carbocycles. The molecule has 1 N–H and O–H groups in total. The minimum absolute atomic E-state index is 0.0189. The maximum Gasteiger partial charge on any atom is 0.416 e. The first kappa shape index (κ1) is 21.8. The van der Waals surface area contributed by atoms with Crippen LogP contribution >= 0.6 is 11.3 Å². The second-order valence-electron chi connectivity index (χ2n) is 6.63. The fourth-order valence-electron chi connectivity index (χ4n) is 2.83. The maximum absolute atomic E-state index is 13.0. The van der Waals surface area contributed by atoms with Crippen LogP contribution in [-0.2, 0) is 12.6 Å². The summed E-state index contributed by atoms with van der Waals surface area (Å²) in [6.45, 7) is 2.40. The summed E-state index contributed by atoms with van der Waals surface area (Å²) in [5, 5.41) is 9.98. The molecule has 10 heteroatoms. The van der Waals surface area contributed by atoms with Gasteiger partial charge in [0, 0.05) is 17.6 Å². The Kier molecular flexibility index (Phi) is 6.76. The Morgan fingerprint density at radius 3 is 2.77 bits per heavy atom. The van der Waals surface area contributed by atoms with Crippen molar-refractivity contribution >= 4 is 17.2 Å². The van der Waals surface area contributed by atoms with Crippen molar-refractivity contribution in [1.82, 2.24) is 20.1 Å². The molecule has 0 saturated carbocycles. The van der Waals surface area contributed by atoms with Gasteiger partial charge in [-0.1, -0.05) is 6.07 Å². The highest BCUT2D eigenvalue weighted by Gasteiger charge is 2.30. The van der Waals surface area contributed by atoms with E-state index >= 15 is 0 Å². The van der Waals surface area contributed by atoms with Gasteiger partial charge in [-0.3, -0.25) is 4.79 Å². The average molecular weight is 438 g/mol. The summed E-state index contributed by atoms with van der Waals surface area (Å²) in [5.41, 5.74) is 0.411. The van der Waals surface area contributed by atoms with Crippen molar-refractivity contribution in [1.29, 1.82) is 0 Å². The van der Waals surface area contributed by atoms with Crippen LogP contribution in [-0.4, -0.2) is 34.3 Å². The van der Waals surface area contributed by atoms with E-state index in [0.717, 1.165) is 42.1 Å². The first-order valence-electron chi connectivity index (χ1n) is 9.28. The van der Waals surface area contributed by atoms with Crippen LogP contribution in [0.2, 0.25) is 0 Å². The molecule has 0 aliphatic rings. The van der Waals surface area contributed by atoms with Gasteiger partial charge >= 0.3 is 6.18 Å². The van der Waals surface area contributed by atoms with Crippen molar-refractivity contribution in [3.8, 4) is 11.4 Å². The van der Waals surface area contributed by atoms with Crippen LogP contribution in [0.25, 0.3) is 5.69 Å². The zero-order chi connectivity index (χ0) is 21.7. The van der Waals surface area contributed by atoms with Crippen molar-refractivity contribution < 1.29 is 22.7 Å². The zero-order valence-corrected chi connectivity index (χ0v) is 17.3. The van der Waals surface area contributed by atoms with Crippen molar-refractivity contribution in [3.05, 3.63) is 57.8 Å². The second-order valence-corrected chi connectivity index (χ2v) is 7.58. The summed E-state index contributed by atoms with van der Waals surface area (Å²) in [6, 6.07) is 4.71. The van der Waals surface area contributed by atoms with E-state index in [0.29, 0.717) is 6.54 Å². The molecule has 0 spiro atoms. The molecule has 30 heavy (non-hydrogen) atoms. The molecule has 0 bridgehead atoms. The molecule has 3 rings (SSSR count). The number of methoxy groups -OCH3 is 1. The van der Waals surface area contributed by atoms with Crippen molar-refractivity contribution in [2.24, 2.45) is 0 Å². The molecule has 0 aliphatic heterocycles. The Balaban J connectivity index is 1.62. The number of hydrogen-bond donors (Lipinski definition) is 1. The van der Waals surface area contributed by atoms with Crippen molar-refractivity contribution in [3.63, 3.8) is 0 Å². The molecule has 1 amide bonds. The molecule has 0 fully saturated rings. The van der Waals surface area contributed by atoms with E-state index in [4.69, 9.17) is 4.74 Å². The highest BCUT2D eigenvalue weighted by molar-refractivity contribution is 7.09. The predicted molar refractivity (Wildman–Crippen MR) is 107 cm³/mol. The largest absolute Gasteiger partial charge is 0.493 e. The number of amides is 1. The number of alkyl halides is 3. The van der Waals surface area contributed by atoms with Crippen LogP contribution < -0.4 is 10.1 Å². The summed E-state index contributed by atoms with van der Waals surface area (Å²) >= 11 is 1.62. The summed E-state index contributed by atoms with van der Waals surface area (Å²) in [7, 11) is 1.38. The third-order valence-corrected chi connectivity index (χ3v) is 5.35. The quantitative estimate of drug-likeness (QED) is 0.529. The number of nitrogens with zero attached hydrogens (tertiary/aromatic N) is 3. The Labute approximate surface area is 175 Å². The Morgan fingerprint density at radius 2 is 2.10 bits per heavy atom. The van der Waals surface area contributed by atoms with Crippen LogP contribution in [0.4, 0.5) is 13.2 Å².